The number of rotatable bonds is 3. The van der Waals surface area contributed by atoms with Gasteiger partial charge >= 0.3 is 0 Å². The van der Waals surface area contributed by atoms with E-state index in [4.69, 9.17) is 10.5 Å². The maximum Gasteiger partial charge on any atom is 0.170 e. The fraction of sp³-hybridized carbons (Fsp3) is 0.533. The summed E-state index contributed by atoms with van der Waals surface area (Å²) < 4.78 is 18.9. The number of fused-ring (bicyclic) bond motifs is 2. The number of ether oxygens (including phenoxy) is 1. The highest BCUT2D eigenvalue weighted by Crippen LogP contribution is 2.48. The van der Waals surface area contributed by atoms with Crippen molar-refractivity contribution < 1.29 is 13.9 Å². The summed E-state index contributed by atoms with van der Waals surface area (Å²) in [5, 5.41) is 0. The minimum atomic E-state index is -0.515. The Hall–Kier alpha value is -1.42. The van der Waals surface area contributed by atoms with E-state index in [1.165, 1.54) is 19.2 Å². The van der Waals surface area contributed by atoms with Gasteiger partial charge in [-0.25, -0.2) is 4.39 Å². The van der Waals surface area contributed by atoms with Gasteiger partial charge in [-0.2, -0.15) is 0 Å². The lowest BCUT2D eigenvalue weighted by molar-refractivity contribution is 0.0852. The molecule has 1 aromatic carbocycles. The van der Waals surface area contributed by atoms with Gasteiger partial charge in [0, 0.05) is 18.0 Å². The van der Waals surface area contributed by atoms with Crippen molar-refractivity contribution in [2.45, 2.75) is 25.3 Å². The molecule has 4 heteroatoms. The summed E-state index contributed by atoms with van der Waals surface area (Å²) in [6.45, 7) is 0. The Bertz CT molecular complexity index is 515. The summed E-state index contributed by atoms with van der Waals surface area (Å²) in [5.74, 6) is 0.348. The van der Waals surface area contributed by atoms with Gasteiger partial charge in [0.2, 0.25) is 0 Å². The van der Waals surface area contributed by atoms with Gasteiger partial charge in [0.05, 0.1) is 12.7 Å². The molecule has 1 aromatic rings. The average molecular weight is 263 g/mol. The predicted octanol–water partition coefficient (Wildman–Crippen LogP) is 2.39. The predicted molar refractivity (Wildman–Crippen MR) is 69.6 cm³/mol. The van der Waals surface area contributed by atoms with Crippen molar-refractivity contribution in [1.82, 2.24) is 0 Å². The molecule has 4 atom stereocenters. The molecule has 0 spiro atoms. The lowest BCUT2D eigenvalue weighted by Crippen LogP contribution is -2.40. The van der Waals surface area contributed by atoms with Crippen LogP contribution in [0, 0.1) is 23.6 Å². The van der Waals surface area contributed by atoms with Crippen LogP contribution in [0.2, 0.25) is 0 Å². The van der Waals surface area contributed by atoms with Crippen LogP contribution in [0.5, 0.6) is 5.75 Å². The molecule has 0 amide bonds. The number of benzene rings is 1. The van der Waals surface area contributed by atoms with Gasteiger partial charge in [-0.15, -0.1) is 0 Å². The topological polar surface area (TPSA) is 52.3 Å². The zero-order valence-electron chi connectivity index (χ0n) is 10.9. The Labute approximate surface area is 111 Å². The molecule has 2 aliphatic rings. The first-order valence-corrected chi connectivity index (χ1v) is 6.75. The maximum absolute atomic E-state index is 14.0. The number of carbonyl (C=O) groups is 1. The molecule has 2 fully saturated rings. The summed E-state index contributed by atoms with van der Waals surface area (Å²) in [5.41, 5.74) is 6.29. The zero-order chi connectivity index (χ0) is 13.6. The molecule has 2 aliphatic carbocycles. The molecule has 102 valence electrons. The monoisotopic (exact) mass is 263 g/mol. The molecule has 2 saturated carbocycles. The third-order valence-corrected chi connectivity index (χ3v) is 4.73. The Morgan fingerprint density at radius 2 is 2.11 bits per heavy atom. The molecule has 2 bridgehead atoms. The van der Waals surface area contributed by atoms with Crippen molar-refractivity contribution in [1.29, 1.82) is 0 Å². The number of methoxy groups -OCH3 is 1. The van der Waals surface area contributed by atoms with Gasteiger partial charge in [-0.3, -0.25) is 4.79 Å². The fourth-order valence-electron chi connectivity index (χ4n) is 3.73. The van der Waals surface area contributed by atoms with E-state index in [1.807, 2.05) is 0 Å². The van der Waals surface area contributed by atoms with E-state index in [2.05, 4.69) is 0 Å². The van der Waals surface area contributed by atoms with Crippen LogP contribution in [-0.2, 0) is 0 Å². The van der Waals surface area contributed by atoms with E-state index in [0.29, 0.717) is 17.6 Å². The zero-order valence-corrected chi connectivity index (χ0v) is 10.9. The third kappa shape index (κ3) is 1.94. The summed E-state index contributed by atoms with van der Waals surface area (Å²) in [7, 11) is 1.47. The molecule has 0 heterocycles. The van der Waals surface area contributed by atoms with Crippen molar-refractivity contribution in [3.05, 3.63) is 29.6 Å². The van der Waals surface area contributed by atoms with Gasteiger partial charge in [0.15, 0.2) is 5.78 Å². The smallest absolute Gasteiger partial charge is 0.170 e. The van der Waals surface area contributed by atoms with Crippen LogP contribution in [-0.4, -0.2) is 18.9 Å². The number of halogens is 1. The van der Waals surface area contributed by atoms with Gasteiger partial charge in [0.1, 0.15) is 11.6 Å². The van der Waals surface area contributed by atoms with Crippen molar-refractivity contribution in [2.24, 2.45) is 23.5 Å². The summed E-state index contributed by atoms with van der Waals surface area (Å²) >= 11 is 0. The van der Waals surface area contributed by atoms with Crippen LogP contribution < -0.4 is 10.5 Å². The lowest BCUT2D eigenvalue weighted by atomic mass is 9.80. The van der Waals surface area contributed by atoms with Crippen LogP contribution in [0.15, 0.2) is 18.2 Å². The highest BCUT2D eigenvalue weighted by Gasteiger charge is 2.49. The first kappa shape index (κ1) is 12.6. The minimum Gasteiger partial charge on any atom is -0.497 e. The SMILES string of the molecule is COc1ccc(C(=O)C2C3CCC(C3)C2N)c(F)c1. The largest absolute Gasteiger partial charge is 0.497 e. The van der Waals surface area contributed by atoms with Crippen LogP contribution in [0.4, 0.5) is 4.39 Å². The molecule has 0 radical (unpaired) electrons. The number of hydrogen-bond donors (Lipinski definition) is 1. The number of Topliss-reactive ketones (excluding diaryl/α,β-unsaturated/α-hetero) is 1. The van der Waals surface area contributed by atoms with Gasteiger partial charge in [-0.1, -0.05) is 0 Å². The van der Waals surface area contributed by atoms with Crippen molar-refractivity contribution in [3.8, 4) is 5.75 Å². The van der Waals surface area contributed by atoms with Crippen LogP contribution in [0.3, 0.4) is 0 Å². The van der Waals surface area contributed by atoms with E-state index < -0.39 is 5.82 Å². The van der Waals surface area contributed by atoms with Gasteiger partial charge in [0.25, 0.3) is 0 Å². The van der Waals surface area contributed by atoms with Gasteiger partial charge in [-0.05, 0) is 43.2 Å². The summed E-state index contributed by atoms with van der Waals surface area (Å²) in [6.07, 6.45) is 3.18. The molecule has 0 aliphatic heterocycles. The molecule has 4 unspecified atom stereocenters. The average Bonchev–Trinajstić information content (AvgIpc) is 2.98. The molecule has 2 N–H and O–H groups in total. The highest BCUT2D eigenvalue weighted by atomic mass is 19.1. The van der Waals surface area contributed by atoms with Crippen molar-refractivity contribution in [3.63, 3.8) is 0 Å². The molecule has 0 aromatic heterocycles. The number of hydrogen-bond acceptors (Lipinski definition) is 3. The third-order valence-electron chi connectivity index (χ3n) is 4.73. The van der Waals surface area contributed by atoms with E-state index >= 15 is 0 Å². The van der Waals surface area contributed by atoms with Crippen LogP contribution in [0.25, 0.3) is 0 Å². The minimum absolute atomic E-state index is 0.104. The Balaban J connectivity index is 1.88. The van der Waals surface area contributed by atoms with E-state index in [0.717, 1.165) is 19.3 Å². The Kier molecular flexibility index (Phi) is 3.05. The Morgan fingerprint density at radius 1 is 1.37 bits per heavy atom. The molecule has 3 nitrogen and oxygen atoms in total. The Morgan fingerprint density at radius 3 is 2.68 bits per heavy atom. The summed E-state index contributed by atoms with van der Waals surface area (Å²) in [4.78, 5) is 12.5. The molecular formula is C15H18FNO2. The number of nitrogens with two attached hydrogens (primary N) is 1. The first-order valence-electron chi connectivity index (χ1n) is 6.75. The first-order chi connectivity index (χ1) is 9.11. The normalized spacial score (nSPS) is 32.6. The van der Waals surface area contributed by atoms with Crippen LogP contribution in [0.1, 0.15) is 29.6 Å². The highest BCUT2D eigenvalue weighted by molar-refractivity contribution is 5.99. The van der Waals surface area contributed by atoms with E-state index in [-0.39, 0.29) is 23.3 Å². The van der Waals surface area contributed by atoms with Crippen LogP contribution >= 0.6 is 0 Å². The van der Waals surface area contributed by atoms with E-state index in [1.54, 1.807) is 6.07 Å². The number of ketones is 1. The molecule has 3 rings (SSSR count). The number of carbonyl (C=O) groups excluding carboxylic acids is 1. The fourth-order valence-corrected chi connectivity index (χ4v) is 3.73. The quantitative estimate of drug-likeness (QED) is 0.852. The van der Waals surface area contributed by atoms with E-state index in [9.17, 15) is 9.18 Å². The lowest BCUT2D eigenvalue weighted by Gasteiger charge is -2.27. The molecule has 0 saturated heterocycles. The second-order valence-electron chi connectivity index (χ2n) is 5.65. The molecule has 19 heavy (non-hydrogen) atoms. The second-order valence-corrected chi connectivity index (χ2v) is 5.65. The maximum atomic E-state index is 14.0. The second kappa shape index (κ2) is 4.60. The summed E-state index contributed by atoms with van der Waals surface area (Å²) in [6, 6.07) is 4.28. The standard InChI is InChI=1S/C15H18FNO2/c1-19-10-4-5-11(12(16)7-10)15(18)13-8-2-3-9(6-8)14(13)17/h4-5,7-9,13-14H,2-3,6,17H2,1H3. The van der Waals surface area contributed by atoms with Crippen molar-refractivity contribution >= 4 is 5.78 Å². The van der Waals surface area contributed by atoms with Crippen molar-refractivity contribution in [2.75, 3.05) is 7.11 Å². The van der Waals surface area contributed by atoms with Gasteiger partial charge < -0.3 is 10.5 Å². The molecular weight excluding hydrogens is 245 g/mol.